The van der Waals surface area contributed by atoms with E-state index in [2.05, 4.69) is 19.2 Å². The summed E-state index contributed by atoms with van der Waals surface area (Å²) in [5, 5.41) is 2.95. The Balaban J connectivity index is 2.28. The van der Waals surface area contributed by atoms with E-state index in [9.17, 15) is 8.78 Å². The maximum absolute atomic E-state index is 11.9. The van der Waals surface area contributed by atoms with Crippen LogP contribution in [0, 0.1) is 11.8 Å². The number of alkyl halides is 2. The van der Waals surface area contributed by atoms with E-state index in [0.717, 1.165) is 12.3 Å². The van der Waals surface area contributed by atoms with Crippen LogP contribution in [-0.4, -0.2) is 19.0 Å². The monoisotopic (exact) mass is 191 g/mol. The summed E-state index contributed by atoms with van der Waals surface area (Å²) in [5.41, 5.74) is 0. The molecule has 1 fully saturated rings. The smallest absolute Gasteiger partial charge is 0.250 e. The van der Waals surface area contributed by atoms with Crippen LogP contribution in [0.3, 0.4) is 0 Å². The maximum atomic E-state index is 11.9. The van der Waals surface area contributed by atoms with Crippen molar-refractivity contribution in [2.24, 2.45) is 11.8 Å². The van der Waals surface area contributed by atoms with E-state index in [1.54, 1.807) is 0 Å². The van der Waals surface area contributed by atoms with Gasteiger partial charge in [0.05, 0.1) is 6.54 Å². The standard InChI is InChI=1S/C10H19F2N/c1-3-8-4-5-9(7(8)2)13-6-10(11)12/h7-10,13H,3-6H2,1-2H3. The lowest BCUT2D eigenvalue weighted by atomic mass is 9.93. The molecule has 0 bridgehead atoms. The molecular weight excluding hydrogens is 172 g/mol. The zero-order valence-corrected chi connectivity index (χ0v) is 8.39. The molecule has 13 heavy (non-hydrogen) atoms. The third-order valence-corrected chi connectivity index (χ3v) is 3.29. The van der Waals surface area contributed by atoms with Crippen molar-refractivity contribution in [2.45, 2.75) is 45.6 Å². The molecule has 1 aliphatic rings. The highest BCUT2D eigenvalue weighted by atomic mass is 19.3. The van der Waals surface area contributed by atoms with E-state index in [1.807, 2.05) is 0 Å². The molecule has 0 aromatic heterocycles. The molecule has 0 heterocycles. The molecule has 0 spiro atoms. The summed E-state index contributed by atoms with van der Waals surface area (Å²) in [6.07, 6.45) is 1.21. The van der Waals surface area contributed by atoms with Gasteiger partial charge in [0.2, 0.25) is 0 Å². The second-order valence-corrected chi connectivity index (χ2v) is 4.01. The molecule has 0 aliphatic heterocycles. The highest BCUT2D eigenvalue weighted by molar-refractivity contribution is 4.86. The largest absolute Gasteiger partial charge is 0.308 e. The van der Waals surface area contributed by atoms with E-state index >= 15 is 0 Å². The molecule has 1 rings (SSSR count). The van der Waals surface area contributed by atoms with Gasteiger partial charge in [0.15, 0.2) is 0 Å². The van der Waals surface area contributed by atoms with Gasteiger partial charge in [-0.15, -0.1) is 0 Å². The van der Waals surface area contributed by atoms with Crippen LogP contribution in [-0.2, 0) is 0 Å². The zero-order chi connectivity index (χ0) is 9.84. The Morgan fingerprint density at radius 2 is 2.08 bits per heavy atom. The summed E-state index contributed by atoms with van der Waals surface area (Å²) in [5.74, 6) is 1.29. The average Bonchev–Trinajstić information content (AvgIpc) is 2.43. The van der Waals surface area contributed by atoms with E-state index in [1.165, 1.54) is 12.8 Å². The minimum Gasteiger partial charge on any atom is -0.308 e. The average molecular weight is 191 g/mol. The molecule has 1 saturated carbocycles. The molecule has 3 heteroatoms. The van der Waals surface area contributed by atoms with Gasteiger partial charge in [0.1, 0.15) is 0 Å². The van der Waals surface area contributed by atoms with Crippen molar-refractivity contribution in [1.82, 2.24) is 5.32 Å². The number of hydrogen-bond acceptors (Lipinski definition) is 1. The first kappa shape index (κ1) is 10.9. The summed E-state index contributed by atoms with van der Waals surface area (Å²) in [6.45, 7) is 4.20. The van der Waals surface area contributed by atoms with Crippen LogP contribution in [0.4, 0.5) is 8.78 Å². The van der Waals surface area contributed by atoms with Gasteiger partial charge < -0.3 is 5.32 Å². The Hall–Kier alpha value is -0.180. The van der Waals surface area contributed by atoms with Gasteiger partial charge in [0, 0.05) is 6.04 Å². The fourth-order valence-corrected chi connectivity index (χ4v) is 2.35. The third kappa shape index (κ3) is 2.90. The summed E-state index contributed by atoms with van der Waals surface area (Å²) in [6, 6.07) is 0.318. The molecule has 78 valence electrons. The van der Waals surface area contributed by atoms with Crippen molar-refractivity contribution < 1.29 is 8.78 Å². The first-order valence-corrected chi connectivity index (χ1v) is 5.16. The maximum Gasteiger partial charge on any atom is 0.250 e. The zero-order valence-electron chi connectivity index (χ0n) is 8.39. The van der Waals surface area contributed by atoms with E-state index in [-0.39, 0.29) is 6.54 Å². The lowest BCUT2D eigenvalue weighted by Gasteiger charge is -2.20. The predicted molar refractivity (Wildman–Crippen MR) is 50.0 cm³/mol. The van der Waals surface area contributed by atoms with Crippen molar-refractivity contribution >= 4 is 0 Å². The van der Waals surface area contributed by atoms with E-state index < -0.39 is 6.43 Å². The fourth-order valence-electron chi connectivity index (χ4n) is 2.35. The van der Waals surface area contributed by atoms with Crippen molar-refractivity contribution in [1.29, 1.82) is 0 Å². The quantitative estimate of drug-likeness (QED) is 0.720. The van der Waals surface area contributed by atoms with Gasteiger partial charge >= 0.3 is 0 Å². The van der Waals surface area contributed by atoms with E-state index in [4.69, 9.17) is 0 Å². The van der Waals surface area contributed by atoms with Crippen LogP contribution in [0.2, 0.25) is 0 Å². The van der Waals surface area contributed by atoms with E-state index in [0.29, 0.717) is 12.0 Å². The highest BCUT2D eigenvalue weighted by Crippen LogP contribution is 2.33. The Morgan fingerprint density at radius 1 is 1.38 bits per heavy atom. The Kier molecular flexibility index (Phi) is 4.10. The van der Waals surface area contributed by atoms with Crippen molar-refractivity contribution in [3.8, 4) is 0 Å². The van der Waals surface area contributed by atoms with Crippen LogP contribution in [0.5, 0.6) is 0 Å². The number of hydrogen-bond donors (Lipinski definition) is 1. The van der Waals surface area contributed by atoms with Crippen LogP contribution in [0.15, 0.2) is 0 Å². The van der Waals surface area contributed by atoms with Gasteiger partial charge in [-0.05, 0) is 24.7 Å². The number of halogens is 2. The first-order valence-electron chi connectivity index (χ1n) is 5.16. The highest BCUT2D eigenvalue weighted by Gasteiger charge is 2.31. The normalized spacial score (nSPS) is 34.4. The predicted octanol–water partition coefficient (Wildman–Crippen LogP) is 2.67. The lowest BCUT2D eigenvalue weighted by Crippen LogP contribution is -2.35. The molecule has 1 nitrogen and oxygen atoms in total. The van der Waals surface area contributed by atoms with Crippen molar-refractivity contribution in [3.05, 3.63) is 0 Å². The molecule has 1 N–H and O–H groups in total. The van der Waals surface area contributed by atoms with Gasteiger partial charge in [0.25, 0.3) is 6.43 Å². The van der Waals surface area contributed by atoms with Crippen LogP contribution < -0.4 is 5.32 Å². The molecule has 0 aromatic carbocycles. The lowest BCUT2D eigenvalue weighted by molar-refractivity contribution is 0.137. The Morgan fingerprint density at radius 3 is 2.54 bits per heavy atom. The minimum absolute atomic E-state index is 0.147. The summed E-state index contributed by atoms with van der Waals surface area (Å²) < 4.78 is 23.9. The molecule has 0 radical (unpaired) electrons. The molecule has 0 amide bonds. The van der Waals surface area contributed by atoms with Crippen LogP contribution in [0.25, 0.3) is 0 Å². The molecular formula is C10H19F2N. The second kappa shape index (κ2) is 4.89. The van der Waals surface area contributed by atoms with Gasteiger partial charge in [-0.2, -0.15) is 0 Å². The minimum atomic E-state index is -2.21. The summed E-state index contributed by atoms with van der Waals surface area (Å²) >= 11 is 0. The Bertz CT molecular complexity index is 150. The molecule has 0 saturated heterocycles. The molecule has 3 unspecified atom stereocenters. The topological polar surface area (TPSA) is 12.0 Å². The van der Waals surface area contributed by atoms with Crippen molar-refractivity contribution in [3.63, 3.8) is 0 Å². The summed E-state index contributed by atoms with van der Waals surface area (Å²) in [4.78, 5) is 0. The second-order valence-electron chi connectivity index (χ2n) is 4.01. The van der Waals surface area contributed by atoms with Crippen LogP contribution >= 0.6 is 0 Å². The van der Waals surface area contributed by atoms with Gasteiger partial charge in [-0.1, -0.05) is 20.3 Å². The number of rotatable bonds is 4. The van der Waals surface area contributed by atoms with Gasteiger partial charge in [-0.25, -0.2) is 8.78 Å². The molecule has 1 aliphatic carbocycles. The fraction of sp³-hybridized carbons (Fsp3) is 1.00. The first-order chi connectivity index (χ1) is 6.15. The Labute approximate surface area is 78.9 Å². The molecule has 3 atom stereocenters. The summed E-state index contributed by atoms with van der Waals surface area (Å²) in [7, 11) is 0. The van der Waals surface area contributed by atoms with Gasteiger partial charge in [-0.3, -0.25) is 0 Å². The number of nitrogens with one attached hydrogen (secondary N) is 1. The SMILES string of the molecule is CCC1CCC(NCC(F)F)C1C. The third-order valence-electron chi connectivity index (χ3n) is 3.29. The van der Waals surface area contributed by atoms with Crippen molar-refractivity contribution in [2.75, 3.05) is 6.54 Å². The molecule has 0 aromatic rings. The van der Waals surface area contributed by atoms with Crippen LogP contribution in [0.1, 0.15) is 33.1 Å².